The van der Waals surface area contributed by atoms with E-state index in [-0.39, 0.29) is 11.4 Å². The molecular formula is C13H10ClN3OS. The second-order valence-electron chi connectivity index (χ2n) is 4.00. The SMILES string of the molecule is O=c1c2ccccc2nc(CCl)n1Cc1nccs1. The minimum Gasteiger partial charge on any atom is -0.288 e. The van der Waals surface area contributed by atoms with Gasteiger partial charge in [-0.1, -0.05) is 12.1 Å². The van der Waals surface area contributed by atoms with Crippen molar-refractivity contribution in [2.24, 2.45) is 0 Å². The Morgan fingerprint density at radius 2 is 2.16 bits per heavy atom. The third-order valence-electron chi connectivity index (χ3n) is 2.84. The average molecular weight is 292 g/mol. The Bertz CT molecular complexity index is 767. The molecule has 2 aromatic heterocycles. The molecule has 4 nitrogen and oxygen atoms in total. The zero-order valence-electron chi connectivity index (χ0n) is 9.91. The average Bonchev–Trinajstić information content (AvgIpc) is 2.95. The number of thiazole rings is 1. The van der Waals surface area contributed by atoms with Crippen molar-refractivity contribution in [1.82, 2.24) is 14.5 Å². The number of alkyl halides is 1. The smallest absolute Gasteiger partial charge is 0.261 e. The van der Waals surface area contributed by atoms with Gasteiger partial charge in [-0.2, -0.15) is 0 Å². The fourth-order valence-electron chi connectivity index (χ4n) is 1.95. The molecule has 2 heterocycles. The van der Waals surface area contributed by atoms with Crippen LogP contribution >= 0.6 is 22.9 Å². The summed E-state index contributed by atoms with van der Waals surface area (Å²) in [5, 5.41) is 3.35. The van der Waals surface area contributed by atoms with Gasteiger partial charge < -0.3 is 0 Å². The summed E-state index contributed by atoms with van der Waals surface area (Å²) in [5.74, 6) is 0.770. The van der Waals surface area contributed by atoms with Crippen LogP contribution in [0.2, 0.25) is 0 Å². The van der Waals surface area contributed by atoms with Crippen molar-refractivity contribution in [2.75, 3.05) is 0 Å². The number of nitrogens with zero attached hydrogens (tertiary/aromatic N) is 3. The summed E-state index contributed by atoms with van der Waals surface area (Å²) in [6, 6.07) is 7.29. The second-order valence-corrected chi connectivity index (χ2v) is 5.24. The molecule has 0 fully saturated rings. The third kappa shape index (κ3) is 2.27. The molecular weight excluding hydrogens is 282 g/mol. The molecule has 0 aliphatic heterocycles. The third-order valence-corrected chi connectivity index (χ3v) is 3.84. The fraction of sp³-hybridized carbons (Fsp3) is 0.154. The number of fused-ring (bicyclic) bond motifs is 1. The first kappa shape index (κ1) is 12.3. The number of aromatic nitrogens is 3. The van der Waals surface area contributed by atoms with E-state index < -0.39 is 0 Å². The number of halogens is 1. The van der Waals surface area contributed by atoms with E-state index in [1.165, 1.54) is 11.3 Å². The molecule has 96 valence electrons. The van der Waals surface area contributed by atoms with Gasteiger partial charge in [-0.25, -0.2) is 9.97 Å². The van der Waals surface area contributed by atoms with Crippen LogP contribution in [0.1, 0.15) is 10.8 Å². The molecule has 0 aliphatic rings. The highest BCUT2D eigenvalue weighted by Gasteiger charge is 2.11. The van der Waals surface area contributed by atoms with E-state index in [0.29, 0.717) is 23.3 Å². The van der Waals surface area contributed by atoms with Crippen LogP contribution in [0.3, 0.4) is 0 Å². The van der Waals surface area contributed by atoms with E-state index in [2.05, 4.69) is 9.97 Å². The number of para-hydroxylation sites is 1. The Morgan fingerprint density at radius 1 is 1.32 bits per heavy atom. The maximum atomic E-state index is 12.5. The Morgan fingerprint density at radius 3 is 2.89 bits per heavy atom. The Hall–Kier alpha value is -1.72. The molecule has 0 saturated carbocycles. The van der Waals surface area contributed by atoms with Gasteiger partial charge in [-0.15, -0.1) is 22.9 Å². The summed E-state index contributed by atoms with van der Waals surface area (Å²) >= 11 is 7.41. The molecule has 0 N–H and O–H groups in total. The van der Waals surface area contributed by atoms with Crippen molar-refractivity contribution in [3.05, 3.63) is 57.0 Å². The second kappa shape index (κ2) is 5.11. The van der Waals surface area contributed by atoms with Gasteiger partial charge in [0.05, 0.1) is 23.3 Å². The minimum absolute atomic E-state index is 0.0727. The van der Waals surface area contributed by atoms with Gasteiger partial charge >= 0.3 is 0 Å². The summed E-state index contributed by atoms with van der Waals surface area (Å²) in [5.41, 5.74) is 0.606. The van der Waals surface area contributed by atoms with Gasteiger partial charge in [-0.3, -0.25) is 9.36 Å². The standard InChI is InChI=1S/C13H10ClN3OS/c14-7-11-16-10-4-2-1-3-9(10)13(18)17(11)8-12-15-5-6-19-12/h1-6H,7-8H2. The molecule has 0 radical (unpaired) electrons. The van der Waals surface area contributed by atoms with Gasteiger partial charge in [0.15, 0.2) is 0 Å². The number of hydrogen-bond acceptors (Lipinski definition) is 4. The fourth-order valence-corrected chi connectivity index (χ4v) is 2.75. The molecule has 6 heteroatoms. The molecule has 0 bridgehead atoms. The Labute approximate surface area is 118 Å². The Kier molecular flexibility index (Phi) is 3.31. The van der Waals surface area contributed by atoms with Crippen molar-refractivity contribution < 1.29 is 0 Å². The number of rotatable bonds is 3. The number of hydrogen-bond donors (Lipinski definition) is 0. The van der Waals surface area contributed by atoms with Crippen LogP contribution < -0.4 is 5.56 Å². The first-order valence-electron chi connectivity index (χ1n) is 5.72. The van der Waals surface area contributed by atoms with E-state index in [4.69, 9.17) is 11.6 Å². The molecule has 0 spiro atoms. The lowest BCUT2D eigenvalue weighted by Crippen LogP contribution is -2.25. The first-order chi connectivity index (χ1) is 9.29. The van der Waals surface area contributed by atoms with Gasteiger partial charge in [0.1, 0.15) is 10.8 Å². The molecule has 3 rings (SSSR count). The maximum Gasteiger partial charge on any atom is 0.261 e. The van der Waals surface area contributed by atoms with Gasteiger partial charge in [0, 0.05) is 11.6 Å². The summed E-state index contributed by atoms with van der Waals surface area (Å²) in [7, 11) is 0. The maximum absolute atomic E-state index is 12.5. The van der Waals surface area contributed by atoms with Crippen LogP contribution in [0, 0.1) is 0 Å². The summed E-state index contributed by atoms with van der Waals surface area (Å²) in [6.45, 7) is 0.413. The zero-order chi connectivity index (χ0) is 13.2. The van der Waals surface area contributed by atoms with Gasteiger partial charge in [0.2, 0.25) is 0 Å². The first-order valence-corrected chi connectivity index (χ1v) is 7.14. The van der Waals surface area contributed by atoms with E-state index in [0.717, 1.165) is 5.01 Å². The molecule has 1 aromatic carbocycles. The quantitative estimate of drug-likeness (QED) is 0.697. The summed E-state index contributed by atoms with van der Waals surface area (Å²) in [6.07, 6.45) is 1.72. The predicted octanol–water partition coefficient (Wildman–Crippen LogP) is 2.64. The monoisotopic (exact) mass is 291 g/mol. The highest BCUT2D eigenvalue weighted by atomic mass is 35.5. The highest BCUT2D eigenvalue weighted by Crippen LogP contribution is 2.12. The lowest BCUT2D eigenvalue weighted by molar-refractivity contribution is 0.703. The lowest BCUT2D eigenvalue weighted by Gasteiger charge is -2.10. The molecule has 3 aromatic rings. The molecule has 0 unspecified atom stereocenters. The van der Waals surface area contributed by atoms with Crippen LogP contribution in [0.25, 0.3) is 10.9 Å². The molecule has 0 aliphatic carbocycles. The van der Waals surface area contributed by atoms with E-state index in [1.54, 1.807) is 16.8 Å². The molecule has 0 atom stereocenters. The van der Waals surface area contributed by atoms with Gasteiger partial charge in [-0.05, 0) is 12.1 Å². The van der Waals surface area contributed by atoms with Crippen LogP contribution in [0.4, 0.5) is 0 Å². The normalized spacial score (nSPS) is 11.0. The summed E-state index contributed by atoms with van der Waals surface area (Å²) < 4.78 is 1.59. The highest BCUT2D eigenvalue weighted by molar-refractivity contribution is 7.09. The molecule has 19 heavy (non-hydrogen) atoms. The van der Waals surface area contributed by atoms with E-state index >= 15 is 0 Å². The van der Waals surface area contributed by atoms with Gasteiger partial charge in [0.25, 0.3) is 5.56 Å². The van der Waals surface area contributed by atoms with Crippen molar-refractivity contribution in [3.8, 4) is 0 Å². The zero-order valence-corrected chi connectivity index (χ0v) is 11.5. The predicted molar refractivity (Wildman–Crippen MR) is 76.8 cm³/mol. The topological polar surface area (TPSA) is 47.8 Å². The minimum atomic E-state index is -0.0727. The van der Waals surface area contributed by atoms with Crippen LogP contribution in [-0.2, 0) is 12.4 Å². The van der Waals surface area contributed by atoms with Crippen molar-refractivity contribution in [3.63, 3.8) is 0 Å². The van der Waals surface area contributed by atoms with Crippen LogP contribution in [0.15, 0.2) is 40.6 Å². The van der Waals surface area contributed by atoms with Crippen molar-refractivity contribution in [2.45, 2.75) is 12.4 Å². The number of benzene rings is 1. The van der Waals surface area contributed by atoms with Crippen molar-refractivity contribution >= 4 is 33.8 Å². The van der Waals surface area contributed by atoms with E-state index in [1.807, 2.05) is 23.6 Å². The Balaban J connectivity index is 2.21. The van der Waals surface area contributed by atoms with Crippen LogP contribution in [0.5, 0.6) is 0 Å². The molecule has 0 saturated heterocycles. The molecule has 0 amide bonds. The largest absolute Gasteiger partial charge is 0.288 e. The lowest BCUT2D eigenvalue weighted by atomic mass is 10.2. The van der Waals surface area contributed by atoms with Crippen molar-refractivity contribution in [1.29, 1.82) is 0 Å². The van der Waals surface area contributed by atoms with Crippen LogP contribution in [-0.4, -0.2) is 14.5 Å². The van der Waals surface area contributed by atoms with E-state index in [9.17, 15) is 4.79 Å². The summed E-state index contributed by atoms with van der Waals surface area (Å²) in [4.78, 5) is 21.1.